The summed E-state index contributed by atoms with van der Waals surface area (Å²) in [5.74, 6) is 0.108. The first-order chi connectivity index (χ1) is 9.10. The summed E-state index contributed by atoms with van der Waals surface area (Å²) in [6, 6.07) is 6.38. The number of rotatable bonds is 4. The van der Waals surface area contributed by atoms with Crippen molar-refractivity contribution in [1.82, 2.24) is 9.97 Å². The Bertz CT molecular complexity index is 603. The van der Waals surface area contributed by atoms with Crippen LogP contribution in [0.15, 0.2) is 30.5 Å². The van der Waals surface area contributed by atoms with Crippen LogP contribution in [0.25, 0.3) is 0 Å². The maximum absolute atomic E-state index is 10.8. The summed E-state index contributed by atoms with van der Waals surface area (Å²) < 4.78 is 5.29. The molecule has 1 aromatic carbocycles. The van der Waals surface area contributed by atoms with Crippen molar-refractivity contribution < 1.29 is 14.8 Å². The van der Waals surface area contributed by atoms with Crippen LogP contribution in [0.1, 0.15) is 5.56 Å². The van der Waals surface area contributed by atoms with E-state index in [0.717, 1.165) is 6.20 Å². The topological polar surface area (TPSA) is 98.4 Å². The van der Waals surface area contributed by atoms with Crippen LogP contribution < -0.4 is 4.74 Å². The third-order valence-electron chi connectivity index (χ3n) is 2.22. The van der Waals surface area contributed by atoms with Gasteiger partial charge >= 0.3 is 11.6 Å². The standard InChI is InChI=1S/C11H8ClN3O4/c12-11-13-5-9(15(17)18)10(14-11)19-8-3-1-7(6-16)2-4-8/h1-5,16H,6H2. The Balaban J connectivity index is 2.31. The largest absolute Gasteiger partial charge is 0.434 e. The minimum Gasteiger partial charge on any atom is -0.434 e. The number of aromatic nitrogens is 2. The summed E-state index contributed by atoms with van der Waals surface area (Å²) >= 11 is 5.58. The van der Waals surface area contributed by atoms with Crippen LogP contribution in [0, 0.1) is 10.1 Å². The van der Waals surface area contributed by atoms with Crippen LogP contribution in [0.3, 0.4) is 0 Å². The van der Waals surface area contributed by atoms with Gasteiger partial charge in [-0.25, -0.2) is 4.98 Å². The van der Waals surface area contributed by atoms with E-state index in [9.17, 15) is 10.1 Å². The summed E-state index contributed by atoms with van der Waals surface area (Å²) in [6.45, 7) is -0.0975. The minimum atomic E-state index is -0.659. The van der Waals surface area contributed by atoms with E-state index in [1.165, 1.54) is 0 Å². The molecule has 1 aromatic heterocycles. The Morgan fingerprint density at radius 3 is 2.63 bits per heavy atom. The molecule has 0 saturated carbocycles. The maximum atomic E-state index is 10.8. The quantitative estimate of drug-likeness (QED) is 0.524. The molecular formula is C11H8ClN3O4. The van der Waals surface area contributed by atoms with Crippen molar-refractivity contribution in [3.8, 4) is 11.6 Å². The highest BCUT2D eigenvalue weighted by atomic mass is 35.5. The van der Waals surface area contributed by atoms with Gasteiger partial charge in [-0.15, -0.1) is 0 Å². The zero-order valence-corrected chi connectivity index (χ0v) is 10.2. The van der Waals surface area contributed by atoms with Crippen LogP contribution in [0.2, 0.25) is 5.28 Å². The lowest BCUT2D eigenvalue weighted by Gasteiger charge is -2.05. The number of aliphatic hydroxyl groups is 1. The number of aliphatic hydroxyl groups excluding tert-OH is 1. The second-order valence-corrected chi connectivity index (χ2v) is 3.83. The SMILES string of the molecule is O=[N+]([O-])c1cnc(Cl)nc1Oc1ccc(CO)cc1. The lowest BCUT2D eigenvalue weighted by atomic mass is 10.2. The molecule has 0 saturated heterocycles. The minimum absolute atomic E-state index is 0.0975. The molecule has 0 radical (unpaired) electrons. The molecule has 0 aliphatic carbocycles. The molecule has 0 amide bonds. The van der Waals surface area contributed by atoms with Crippen molar-refractivity contribution in [2.75, 3.05) is 0 Å². The third-order valence-corrected chi connectivity index (χ3v) is 2.41. The zero-order valence-electron chi connectivity index (χ0n) is 9.49. The predicted molar refractivity (Wildman–Crippen MR) is 66.1 cm³/mol. The highest BCUT2D eigenvalue weighted by Gasteiger charge is 2.19. The van der Waals surface area contributed by atoms with Gasteiger partial charge in [0, 0.05) is 0 Å². The van der Waals surface area contributed by atoms with E-state index < -0.39 is 4.92 Å². The Morgan fingerprint density at radius 1 is 1.37 bits per heavy atom. The molecule has 2 rings (SSSR count). The molecule has 0 aliphatic heterocycles. The molecule has 0 fully saturated rings. The number of ether oxygens (including phenoxy) is 1. The van der Waals surface area contributed by atoms with E-state index in [1.807, 2.05) is 0 Å². The van der Waals surface area contributed by atoms with Crippen LogP contribution in [0.4, 0.5) is 5.69 Å². The number of hydrogen-bond acceptors (Lipinski definition) is 6. The molecule has 2 aromatic rings. The van der Waals surface area contributed by atoms with E-state index >= 15 is 0 Å². The normalized spacial score (nSPS) is 10.2. The predicted octanol–water partition coefficient (Wildman–Crippen LogP) is 2.32. The fraction of sp³-hybridized carbons (Fsp3) is 0.0909. The Kier molecular flexibility index (Phi) is 3.88. The van der Waals surface area contributed by atoms with E-state index in [-0.39, 0.29) is 23.5 Å². The van der Waals surface area contributed by atoms with Gasteiger partial charge in [-0.3, -0.25) is 10.1 Å². The fourth-order valence-electron chi connectivity index (χ4n) is 1.31. The van der Waals surface area contributed by atoms with E-state index in [4.69, 9.17) is 21.4 Å². The van der Waals surface area contributed by atoms with Crippen LogP contribution >= 0.6 is 11.6 Å². The van der Waals surface area contributed by atoms with Crippen molar-refractivity contribution in [3.63, 3.8) is 0 Å². The first-order valence-corrected chi connectivity index (χ1v) is 5.52. The smallest absolute Gasteiger partial charge is 0.349 e. The van der Waals surface area contributed by atoms with Crippen molar-refractivity contribution in [2.45, 2.75) is 6.61 Å². The summed E-state index contributed by atoms with van der Waals surface area (Å²) in [6.07, 6.45) is 0.979. The van der Waals surface area contributed by atoms with E-state index in [0.29, 0.717) is 11.3 Å². The molecule has 98 valence electrons. The van der Waals surface area contributed by atoms with Crippen LogP contribution in [0.5, 0.6) is 11.6 Å². The molecule has 0 bridgehead atoms. The van der Waals surface area contributed by atoms with Crippen LogP contribution in [-0.2, 0) is 6.61 Å². The van der Waals surface area contributed by atoms with Crippen molar-refractivity contribution in [2.24, 2.45) is 0 Å². The molecule has 1 heterocycles. The first-order valence-electron chi connectivity index (χ1n) is 5.14. The van der Waals surface area contributed by atoms with E-state index in [2.05, 4.69) is 9.97 Å². The van der Waals surface area contributed by atoms with Crippen molar-refractivity contribution >= 4 is 17.3 Å². The zero-order chi connectivity index (χ0) is 13.8. The Labute approximate surface area is 112 Å². The molecule has 19 heavy (non-hydrogen) atoms. The van der Waals surface area contributed by atoms with Gasteiger partial charge in [-0.2, -0.15) is 4.98 Å². The highest BCUT2D eigenvalue weighted by molar-refractivity contribution is 6.28. The summed E-state index contributed by atoms with van der Waals surface area (Å²) in [7, 11) is 0. The molecule has 0 unspecified atom stereocenters. The van der Waals surface area contributed by atoms with Gasteiger partial charge in [-0.1, -0.05) is 12.1 Å². The molecule has 7 nitrogen and oxygen atoms in total. The molecular weight excluding hydrogens is 274 g/mol. The molecule has 1 N–H and O–H groups in total. The number of nitrogens with zero attached hydrogens (tertiary/aromatic N) is 3. The molecule has 0 atom stereocenters. The highest BCUT2D eigenvalue weighted by Crippen LogP contribution is 2.29. The van der Waals surface area contributed by atoms with E-state index in [1.54, 1.807) is 24.3 Å². The van der Waals surface area contributed by atoms with Gasteiger partial charge in [0.25, 0.3) is 0 Å². The first kappa shape index (κ1) is 13.2. The number of benzene rings is 1. The molecule has 0 aliphatic rings. The van der Waals surface area contributed by atoms with Gasteiger partial charge in [0.2, 0.25) is 5.28 Å². The summed E-state index contributed by atoms with van der Waals surface area (Å²) in [5, 5.41) is 19.6. The molecule has 0 spiro atoms. The summed E-state index contributed by atoms with van der Waals surface area (Å²) in [5.41, 5.74) is 0.318. The number of hydrogen-bond donors (Lipinski definition) is 1. The maximum Gasteiger partial charge on any atom is 0.349 e. The monoisotopic (exact) mass is 281 g/mol. The Hall–Kier alpha value is -2.25. The third kappa shape index (κ3) is 3.15. The lowest BCUT2D eigenvalue weighted by molar-refractivity contribution is -0.386. The van der Waals surface area contributed by atoms with Gasteiger partial charge in [0.15, 0.2) is 0 Å². The average Bonchev–Trinajstić information content (AvgIpc) is 2.39. The molecule has 8 heteroatoms. The second kappa shape index (κ2) is 5.59. The van der Waals surface area contributed by atoms with Gasteiger partial charge < -0.3 is 9.84 Å². The second-order valence-electron chi connectivity index (χ2n) is 3.49. The van der Waals surface area contributed by atoms with Gasteiger partial charge in [0.05, 0.1) is 11.5 Å². The number of halogens is 1. The Morgan fingerprint density at radius 2 is 2.05 bits per heavy atom. The van der Waals surface area contributed by atoms with Gasteiger partial charge in [-0.05, 0) is 29.3 Å². The fourth-order valence-corrected chi connectivity index (χ4v) is 1.44. The average molecular weight is 282 g/mol. The lowest BCUT2D eigenvalue weighted by Crippen LogP contribution is -1.98. The van der Waals surface area contributed by atoms with Crippen LogP contribution in [-0.4, -0.2) is 20.0 Å². The van der Waals surface area contributed by atoms with Gasteiger partial charge in [0.1, 0.15) is 11.9 Å². The summed E-state index contributed by atoms with van der Waals surface area (Å²) in [4.78, 5) is 17.3. The van der Waals surface area contributed by atoms with Crippen molar-refractivity contribution in [1.29, 1.82) is 0 Å². The number of nitro groups is 1. The van der Waals surface area contributed by atoms with Crippen molar-refractivity contribution in [3.05, 3.63) is 51.4 Å².